The van der Waals surface area contributed by atoms with E-state index in [2.05, 4.69) is 41.5 Å². The van der Waals surface area contributed by atoms with Gasteiger partial charge in [0.25, 0.3) is 0 Å². The number of rotatable bonds is 7. The normalized spacial score (nSPS) is 8.62. The fourth-order valence-electron chi connectivity index (χ4n) is 0.891. The number of hydrogen-bond acceptors (Lipinski definition) is 1. The van der Waals surface area contributed by atoms with E-state index in [4.69, 9.17) is 4.74 Å². The zero-order valence-corrected chi connectivity index (χ0v) is 12.8. The van der Waals surface area contributed by atoms with Crippen LogP contribution in [0, 0.1) is 0 Å². The van der Waals surface area contributed by atoms with Gasteiger partial charge in [0.05, 0.1) is 0 Å². The van der Waals surface area contributed by atoms with Gasteiger partial charge in [0.1, 0.15) is 0 Å². The van der Waals surface area contributed by atoms with Crippen LogP contribution in [0.5, 0.6) is 0 Å². The lowest BCUT2D eigenvalue weighted by Crippen LogP contribution is -1.92. The molecule has 0 aliphatic rings. The molecule has 0 bridgehead atoms. The van der Waals surface area contributed by atoms with Crippen LogP contribution in [0.25, 0.3) is 0 Å². The van der Waals surface area contributed by atoms with Gasteiger partial charge in [-0.15, -0.1) is 0 Å². The molecular weight excluding hydrogens is 196 g/mol. The maximum Gasteiger partial charge on any atom is 0.0463 e. The first-order chi connectivity index (χ1) is 7.74. The first-order valence-corrected chi connectivity index (χ1v) is 7.32. The van der Waals surface area contributed by atoms with Crippen LogP contribution < -0.4 is 0 Å². The average molecular weight is 232 g/mol. The van der Waals surface area contributed by atoms with Gasteiger partial charge in [-0.1, -0.05) is 73.6 Å². The molecule has 0 saturated carbocycles. The molecule has 16 heavy (non-hydrogen) atoms. The van der Waals surface area contributed by atoms with E-state index < -0.39 is 0 Å². The summed E-state index contributed by atoms with van der Waals surface area (Å²) in [5.74, 6) is 0. The average Bonchev–Trinajstić information content (AvgIpc) is 2.29. The van der Waals surface area contributed by atoms with E-state index in [0.717, 1.165) is 26.1 Å². The van der Waals surface area contributed by atoms with Crippen molar-refractivity contribution in [3.8, 4) is 0 Å². The largest absolute Gasteiger partial charge is 0.381 e. The van der Waals surface area contributed by atoms with Crippen molar-refractivity contribution in [2.75, 3.05) is 13.2 Å². The summed E-state index contributed by atoms with van der Waals surface area (Å²) in [6.45, 7) is 14.8. The molecule has 102 valence electrons. The Morgan fingerprint density at radius 1 is 0.562 bits per heavy atom. The highest BCUT2D eigenvalue weighted by molar-refractivity contribution is 4.31. The molecule has 0 saturated heterocycles. The van der Waals surface area contributed by atoms with Gasteiger partial charge in [-0.2, -0.15) is 0 Å². The van der Waals surface area contributed by atoms with Gasteiger partial charge >= 0.3 is 0 Å². The highest BCUT2D eigenvalue weighted by Crippen LogP contribution is 1.95. The van der Waals surface area contributed by atoms with Crippen molar-refractivity contribution in [2.24, 2.45) is 0 Å². The lowest BCUT2D eigenvalue weighted by molar-refractivity contribution is 0.135. The molecule has 0 unspecified atom stereocenters. The van der Waals surface area contributed by atoms with Gasteiger partial charge in [0.2, 0.25) is 0 Å². The van der Waals surface area contributed by atoms with Crippen LogP contribution in [0.2, 0.25) is 0 Å². The predicted octanol–water partition coefficient (Wildman–Crippen LogP) is 5.83. The van der Waals surface area contributed by atoms with Crippen LogP contribution >= 0.6 is 0 Å². The van der Waals surface area contributed by atoms with Crippen molar-refractivity contribution in [3.63, 3.8) is 0 Å². The molecule has 0 spiro atoms. The molecular formula is C15H36O. The summed E-state index contributed by atoms with van der Waals surface area (Å²) in [5, 5.41) is 0. The second-order valence-electron chi connectivity index (χ2n) is 4.03. The van der Waals surface area contributed by atoms with Gasteiger partial charge in [0, 0.05) is 13.2 Å². The minimum absolute atomic E-state index is 0.924. The van der Waals surface area contributed by atoms with E-state index in [1.807, 2.05) is 0 Å². The van der Waals surface area contributed by atoms with Gasteiger partial charge in [-0.3, -0.25) is 0 Å². The van der Waals surface area contributed by atoms with Gasteiger partial charge in [0.15, 0.2) is 0 Å². The monoisotopic (exact) mass is 232 g/mol. The smallest absolute Gasteiger partial charge is 0.0463 e. The highest BCUT2D eigenvalue weighted by atomic mass is 16.5. The van der Waals surface area contributed by atoms with E-state index in [1.165, 1.54) is 32.1 Å². The Morgan fingerprint density at radius 3 is 1.06 bits per heavy atom. The molecule has 0 N–H and O–H groups in total. The van der Waals surface area contributed by atoms with Crippen molar-refractivity contribution < 1.29 is 4.74 Å². The number of ether oxygens (including phenoxy) is 1. The molecule has 0 fully saturated rings. The van der Waals surface area contributed by atoms with Crippen molar-refractivity contribution in [1.82, 2.24) is 0 Å². The van der Waals surface area contributed by atoms with Crippen LogP contribution in [-0.2, 0) is 4.74 Å². The predicted molar refractivity (Wildman–Crippen MR) is 77.2 cm³/mol. The van der Waals surface area contributed by atoms with E-state index >= 15 is 0 Å². The third-order valence-electron chi connectivity index (χ3n) is 1.65. The fraction of sp³-hybridized carbons (Fsp3) is 1.00. The minimum Gasteiger partial charge on any atom is -0.381 e. The molecule has 0 aliphatic carbocycles. The summed E-state index contributed by atoms with van der Waals surface area (Å²) in [4.78, 5) is 0. The van der Waals surface area contributed by atoms with Crippen molar-refractivity contribution >= 4 is 0 Å². The third-order valence-corrected chi connectivity index (χ3v) is 1.65. The van der Waals surface area contributed by atoms with Crippen molar-refractivity contribution in [2.45, 2.75) is 86.5 Å². The van der Waals surface area contributed by atoms with Crippen molar-refractivity contribution in [1.29, 1.82) is 0 Å². The zero-order valence-electron chi connectivity index (χ0n) is 12.8. The second kappa shape index (κ2) is 29.4. The maximum absolute atomic E-state index is 5.13. The van der Waals surface area contributed by atoms with E-state index in [9.17, 15) is 0 Å². The molecule has 0 rings (SSSR count). The summed E-state index contributed by atoms with van der Waals surface area (Å²) < 4.78 is 5.13. The number of hydrogen-bond donors (Lipinski definition) is 0. The molecule has 0 aromatic rings. The quantitative estimate of drug-likeness (QED) is 0.502. The molecule has 0 radical (unpaired) electrons. The highest BCUT2D eigenvalue weighted by Gasteiger charge is 1.78. The Labute approximate surface area is 105 Å². The standard InChI is InChI=1S/C6H14O.C6H14.C3H8/c1-3-5-7-6-4-2;1-3-5-6-4-2;1-3-2/h3-6H2,1-2H3;3-6H2,1-2H3;3H2,1-2H3. The summed E-state index contributed by atoms with van der Waals surface area (Å²) in [6, 6.07) is 0. The Bertz CT molecular complexity index is 63.8. The summed E-state index contributed by atoms with van der Waals surface area (Å²) in [6.07, 6.45) is 9.06. The van der Waals surface area contributed by atoms with Crippen LogP contribution in [0.3, 0.4) is 0 Å². The van der Waals surface area contributed by atoms with E-state index in [-0.39, 0.29) is 0 Å². The number of unbranched alkanes of at least 4 members (excludes halogenated alkanes) is 3. The maximum atomic E-state index is 5.13. The summed E-state index contributed by atoms with van der Waals surface area (Å²) in [7, 11) is 0. The summed E-state index contributed by atoms with van der Waals surface area (Å²) >= 11 is 0. The molecule has 0 atom stereocenters. The molecule has 0 heterocycles. The molecule has 0 aliphatic heterocycles. The van der Waals surface area contributed by atoms with E-state index in [0.29, 0.717) is 0 Å². The molecule has 0 aromatic carbocycles. The molecule has 1 nitrogen and oxygen atoms in total. The second-order valence-corrected chi connectivity index (χ2v) is 4.03. The van der Waals surface area contributed by atoms with Gasteiger partial charge in [-0.05, 0) is 12.8 Å². The fourth-order valence-corrected chi connectivity index (χ4v) is 0.891. The SMILES string of the molecule is CCC.CCCCCC.CCCOCCC. The minimum atomic E-state index is 0.924. The lowest BCUT2D eigenvalue weighted by Gasteiger charge is -1.95. The summed E-state index contributed by atoms with van der Waals surface area (Å²) in [5.41, 5.74) is 0. The first-order valence-electron chi connectivity index (χ1n) is 7.32. The van der Waals surface area contributed by atoms with E-state index in [1.54, 1.807) is 0 Å². The lowest BCUT2D eigenvalue weighted by atomic mass is 10.2. The van der Waals surface area contributed by atoms with Gasteiger partial charge < -0.3 is 4.74 Å². The van der Waals surface area contributed by atoms with Crippen molar-refractivity contribution in [3.05, 3.63) is 0 Å². The Kier molecular flexibility index (Phi) is 39.1. The first kappa shape index (κ1) is 21.3. The van der Waals surface area contributed by atoms with Gasteiger partial charge in [-0.25, -0.2) is 0 Å². The van der Waals surface area contributed by atoms with Crippen LogP contribution in [-0.4, -0.2) is 13.2 Å². The topological polar surface area (TPSA) is 9.23 Å². The Morgan fingerprint density at radius 2 is 0.875 bits per heavy atom. The zero-order chi connectivity index (χ0) is 13.1. The molecule has 0 aromatic heterocycles. The Balaban J connectivity index is -0.000000172. The third kappa shape index (κ3) is 48.4. The molecule has 1 heteroatoms. The van der Waals surface area contributed by atoms with Crippen LogP contribution in [0.1, 0.15) is 86.5 Å². The van der Waals surface area contributed by atoms with Crippen LogP contribution in [0.4, 0.5) is 0 Å². The Hall–Kier alpha value is -0.0400. The molecule has 0 amide bonds. The van der Waals surface area contributed by atoms with Crippen LogP contribution in [0.15, 0.2) is 0 Å².